The van der Waals surface area contributed by atoms with Gasteiger partial charge in [-0.15, -0.1) is 0 Å². The van der Waals surface area contributed by atoms with Crippen molar-refractivity contribution in [3.05, 3.63) is 33.8 Å². The van der Waals surface area contributed by atoms with Gasteiger partial charge in [0.25, 0.3) is 0 Å². The van der Waals surface area contributed by atoms with Gasteiger partial charge >= 0.3 is 11.9 Å². The van der Waals surface area contributed by atoms with E-state index in [0.29, 0.717) is 5.02 Å². The second kappa shape index (κ2) is 5.91. The highest BCUT2D eigenvalue weighted by molar-refractivity contribution is 6.35. The first-order chi connectivity index (χ1) is 8.80. The van der Waals surface area contributed by atoms with Gasteiger partial charge in [-0.1, -0.05) is 29.3 Å². The van der Waals surface area contributed by atoms with Crippen molar-refractivity contribution in [3.8, 4) is 6.07 Å². The van der Waals surface area contributed by atoms with Crippen LogP contribution in [0.3, 0.4) is 0 Å². The van der Waals surface area contributed by atoms with Gasteiger partial charge in [-0.2, -0.15) is 5.26 Å². The summed E-state index contributed by atoms with van der Waals surface area (Å²) in [6, 6.07) is 5.91. The van der Waals surface area contributed by atoms with Crippen LogP contribution in [0.4, 0.5) is 0 Å². The summed E-state index contributed by atoms with van der Waals surface area (Å²) in [5.74, 6) is -2.57. The van der Waals surface area contributed by atoms with E-state index in [2.05, 4.69) is 0 Å². The molecule has 0 atom stereocenters. The lowest BCUT2D eigenvalue weighted by molar-refractivity contribution is -0.140. The monoisotopic (exact) mass is 301 g/mol. The van der Waals surface area contributed by atoms with Crippen molar-refractivity contribution in [1.29, 1.82) is 5.26 Å². The van der Waals surface area contributed by atoms with Crippen molar-refractivity contribution >= 4 is 35.1 Å². The van der Waals surface area contributed by atoms with Crippen LogP contribution in [0.2, 0.25) is 10.0 Å². The van der Waals surface area contributed by atoms with Gasteiger partial charge in [0.15, 0.2) is 0 Å². The molecular formula is C12H9Cl2NO4. The zero-order chi connectivity index (χ0) is 14.6. The minimum atomic E-state index is -1.72. The Morgan fingerprint density at radius 3 is 2.11 bits per heavy atom. The number of aliphatic carboxylic acids is 2. The molecule has 1 aromatic rings. The molecule has 0 unspecified atom stereocenters. The van der Waals surface area contributed by atoms with E-state index in [1.165, 1.54) is 18.2 Å². The molecule has 100 valence electrons. The summed E-state index contributed by atoms with van der Waals surface area (Å²) >= 11 is 11.7. The Balaban J connectivity index is 3.40. The van der Waals surface area contributed by atoms with Gasteiger partial charge in [0.2, 0.25) is 0 Å². The SMILES string of the molecule is N#CC(CC(=O)O)(CC(=O)O)c1ccc(Cl)cc1Cl. The first kappa shape index (κ1) is 15.3. The lowest BCUT2D eigenvalue weighted by Gasteiger charge is -2.24. The number of hydrogen-bond donors (Lipinski definition) is 2. The minimum absolute atomic E-state index is 0.0663. The van der Waals surface area contributed by atoms with Gasteiger partial charge < -0.3 is 10.2 Å². The summed E-state index contributed by atoms with van der Waals surface area (Å²) in [4.78, 5) is 21.8. The van der Waals surface area contributed by atoms with Crippen molar-refractivity contribution in [2.45, 2.75) is 18.3 Å². The molecule has 5 nitrogen and oxygen atoms in total. The van der Waals surface area contributed by atoms with Crippen LogP contribution in [0, 0.1) is 11.3 Å². The molecule has 0 saturated carbocycles. The Hall–Kier alpha value is -1.77. The average Bonchev–Trinajstić information content (AvgIpc) is 2.26. The standard InChI is InChI=1S/C12H9Cl2NO4/c13-7-1-2-8(9(14)3-7)12(6-15,4-10(16)17)5-11(18)19/h1-3H,4-5H2,(H,16,17)(H,18,19). The Morgan fingerprint density at radius 2 is 1.74 bits per heavy atom. The first-order valence-electron chi connectivity index (χ1n) is 5.11. The summed E-state index contributed by atoms with van der Waals surface area (Å²) in [7, 11) is 0. The molecular weight excluding hydrogens is 293 g/mol. The van der Waals surface area contributed by atoms with Gasteiger partial charge in [0.1, 0.15) is 5.41 Å². The fourth-order valence-electron chi connectivity index (χ4n) is 1.79. The maximum atomic E-state index is 10.9. The lowest BCUT2D eigenvalue weighted by atomic mass is 9.76. The summed E-state index contributed by atoms with van der Waals surface area (Å²) in [6.45, 7) is 0. The van der Waals surface area contributed by atoms with Crippen LogP contribution in [-0.2, 0) is 15.0 Å². The first-order valence-corrected chi connectivity index (χ1v) is 5.87. The molecule has 0 aliphatic heterocycles. The molecule has 1 rings (SSSR count). The third-order valence-electron chi connectivity index (χ3n) is 2.57. The number of halogens is 2. The van der Waals surface area contributed by atoms with E-state index in [-0.39, 0.29) is 10.6 Å². The molecule has 2 N–H and O–H groups in total. The molecule has 0 aliphatic carbocycles. The Morgan fingerprint density at radius 1 is 1.21 bits per heavy atom. The van der Waals surface area contributed by atoms with Crippen LogP contribution in [-0.4, -0.2) is 22.2 Å². The largest absolute Gasteiger partial charge is 0.481 e. The summed E-state index contributed by atoms with van der Waals surface area (Å²) in [6.07, 6.45) is -1.31. The van der Waals surface area contributed by atoms with E-state index in [4.69, 9.17) is 33.4 Å². The van der Waals surface area contributed by atoms with E-state index in [0.717, 1.165) is 0 Å². The summed E-state index contributed by atoms with van der Waals surface area (Å²) in [5, 5.41) is 27.4. The van der Waals surface area contributed by atoms with Crippen molar-refractivity contribution in [2.75, 3.05) is 0 Å². The number of hydrogen-bond acceptors (Lipinski definition) is 3. The van der Waals surface area contributed by atoms with E-state index in [1.54, 1.807) is 6.07 Å². The predicted octanol–water partition coefficient (Wildman–Crippen LogP) is 2.70. The zero-order valence-corrected chi connectivity index (χ0v) is 11.1. The molecule has 0 amide bonds. The van der Waals surface area contributed by atoms with E-state index >= 15 is 0 Å². The highest BCUT2D eigenvalue weighted by Crippen LogP contribution is 2.37. The number of carboxylic acid groups (broad SMARTS) is 2. The van der Waals surface area contributed by atoms with E-state index in [1.807, 2.05) is 0 Å². The highest BCUT2D eigenvalue weighted by Gasteiger charge is 2.39. The maximum absolute atomic E-state index is 10.9. The summed E-state index contributed by atoms with van der Waals surface area (Å²) in [5.41, 5.74) is -1.58. The molecule has 0 saturated heterocycles. The number of carboxylic acids is 2. The van der Waals surface area contributed by atoms with Crippen molar-refractivity contribution < 1.29 is 19.8 Å². The zero-order valence-electron chi connectivity index (χ0n) is 9.56. The Labute approximate surface area is 119 Å². The van der Waals surface area contributed by atoms with Crippen LogP contribution in [0.1, 0.15) is 18.4 Å². The number of rotatable bonds is 5. The van der Waals surface area contributed by atoms with Crippen LogP contribution in [0.5, 0.6) is 0 Å². The number of benzene rings is 1. The molecule has 1 aromatic carbocycles. The molecule has 0 radical (unpaired) electrons. The topological polar surface area (TPSA) is 98.4 Å². The predicted molar refractivity (Wildman–Crippen MR) is 68.3 cm³/mol. The van der Waals surface area contributed by atoms with Crippen LogP contribution in [0.25, 0.3) is 0 Å². The third kappa shape index (κ3) is 3.60. The molecule has 0 aliphatic rings. The highest BCUT2D eigenvalue weighted by atomic mass is 35.5. The van der Waals surface area contributed by atoms with Gasteiger partial charge in [0.05, 0.1) is 18.9 Å². The smallest absolute Gasteiger partial charge is 0.305 e. The lowest BCUT2D eigenvalue weighted by Crippen LogP contribution is -2.31. The molecule has 0 aromatic heterocycles. The fourth-order valence-corrected chi connectivity index (χ4v) is 2.38. The third-order valence-corrected chi connectivity index (χ3v) is 3.11. The molecule has 0 fully saturated rings. The molecule has 0 bridgehead atoms. The number of nitriles is 1. The number of nitrogens with zero attached hydrogens (tertiary/aromatic N) is 1. The molecule has 19 heavy (non-hydrogen) atoms. The van der Waals surface area contributed by atoms with Crippen LogP contribution < -0.4 is 0 Å². The Kier molecular flexibility index (Phi) is 4.76. The molecule has 0 spiro atoms. The Bertz CT molecular complexity index is 549. The van der Waals surface area contributed by atoms with Gasteiger partial charge in [-0.3, -0.25) is 9.59 Å². The second-order valence-corrected chi connectivity index (χ2v) is 4.80. The molecule has 0 heterocycles. The maximum Gasteiger partial charge on any atom is 0.305 e. The minimum Gasteiger partial charge on any atom is -0.481 e. The van der Waals surface area contributed by atoms with Gasteiger partial charge in [-0.25, -0.2) is 0 Å². The molecule has 7 heteroatoms. The summed E-state index contributed by atoms with van der Waals surface area (Å²) < 4.78 is 0. The quantitative estimate of drug-likeness (QED) is 0.871. The second-order valence-electron chi connectivity index (χ2n) is 3.96. The van der Waals surface area contributed by atoms with Gasteiger partial charge in [0, 0.05) is 10.0 Å². The van der Waals surface area contributed by atoms with E-state index < -0.39 is 30.2 Å². The van der Waals surface area contributed by atoms with Crippen molar-refractivity contribution in [3.63, 3.8) is 0 Å². The number of carbonyl (C=O) groups is 2. The van der Waals surface area contributed by atoms with Gasteiger partial charge in [-0.05, 0) is 17.7 Å². The van der Waals surface area contributed by atoms with Crippen LogP contribution >= 0.6 is 23.2 Å². The van der Waals surface area contributed by atoms with Crippen LogP contribution in [0.15, 0.2) is 18.2 Å². The van der Waals surface area contributed by atoms with Crippen molar-refractivity contribution in [1.82, 2.24) is 0 Å². The fraction of sp³-hybridized carbons (Fsp3) is 0.250. The van der Waals surface area contributed by atoms with E-state index in [9.17, 15) is 14.9 Å². The average molecular weight is 302 g/mol. The normalized spacial score (nSPS) is 10.8. The van der Waals surface area contributed by atoms with Crippen molar-refractivity contribution in [2.24, 2.45) is 0 Å².